The molecule has 0 aromatic heterocycles. The Morgan fingerprint density at radius 3 is 2.60 bits per heavy atom. The Kier molecular flexibility index (Phi) is 2.13. The van der Waals surface area contributed by atoms with Crippen molar-refractivity contribution in [1.82, 2.24) is 0 Å². The van der Waals surface area contributed by atoms with E-state index in [2.05, 4.69) is 15.9 Å². The second-order valence-electron chi connectivity index (χ2n) is 4.60. The van der Waals surface area contributed by atoms with Crippen molar-refractivity contribution in [1.29, 1.82) is 0 Å². The van der Waals surface area contributed by atoms with Crippen LogP contribution in [-0.2, 0) is 14.3 Å². The predicted molar refractivity (Wildman–Crippen MR) is 54.7 cm³/mol. The van der Waals surface area contributed by atoms with Gasteiger partial charge in [-0.1, -0.05) is 15.9 Å². The largest absolute Gasteiger partial charge is 0.481 e. The molecule has 2 aliphatic carbocycles. The Labute approximate surface area is 96.1 Å². The first-order valence-electron chi connectivity index (χ1n) is 5.29. The van der Waals surface area contributed by atoms with Crippen molar-refractivity contribution in [3.05, 3.63) is 0 Å². The molecule has 1 heterocycles. The maximum Gasteiger partial charge on any atom is 0.307 e. The van der Waals surface area contributed by atoms with Crippen LogP contribution in [0.4, 0.5) is 0 Å². The lowest BCUT2D eigenvalue weighted by Gasteiger charge is -2.33. The highest BCUT2D eigenvalue weighted by atomic mass is 79.9. The first-order chi connectivity index (χ1) is 7.14. The quantitative estimate of drug-likeness (QED) is 0.732. The minimum atomic E-state index is -0.706. The van der Waals surface area contributed by atoms with Crippen LogP contribution < -0.4 is 0 Å². The van der Waals surface area contributed by atoms with E-state index in [-0.39, 0.29) is 17.8 Å². The highest BCUT2D eigenvalue weighted by molar-refractivity contribution is 9.09. The number of carboxylic acids is 1. The van der Waals surface area contributed by atoms with E-state index < -0.39 is 11.8 Å². The van der Waals surface area contributed by atoms with E-state index in [1.165, 1.54) is 0 Å². The molecule has 2 bridgehead atoms. The zero-order chi connectivity index (χ0) is 10.6. The number of rotatable bonds is 1. The van der Waals surface area contributed by atoms with E-state index in [1.54, 1.807) is 0 Å². The molecule has 3 rings (SSSR count). The number of alkyl halides is 1. The van der Waals surface area contributed by atoms with Gasteiger partial charge in [0.2, 0.25) is 0 Å². The summed E-state index contributed by atoms with van der Waals surface area (Å²) in [5.74, 6) is -1.40. The van der Waals surface area contributed by atoms with Crippen LogP contribution in [-0.4, -0.2) is 34.9 Å². The van der Waals surface area contributed by atoms with Crippen LogP contribution in [0, 0.1) is 17.8 Å². The topological polar surface area (TPSA) is 55.8 Å². The SMILES string of the molecule is O=C(O)C1C2CC3(OCCO3)C1CC2Br. The van der Waals surface area contributed by atoms with E-state index >= 15 is 0 Å². The smallest absolute Gasteiger partial charge is 0.307 e. The molecule has 4 nitrogen and oxygen atoms in total. The lowest BCUT2D eigenvalue weighted by molar-refractivity contribution is -0.194. The molecule has 1 aliphatic heterocycles. The van der Waals surface area contributed by atoms with Crippen LogP contribution in [0.3, 0.4) is 0 Å². The zero-order valence-corrected chi connectivity index (χ0v) is 9.77. The Balaban J connectivity index is 1.92. The Morgan fingerprint density at radius 1 is 1.40 bits per heavy atom. The number of aliphatic carboxylic acids is 1. The molecule has 1 N–H and O–H groups in total. The van der Waals surface area contributed by atoms with E-state index in [0.29, 0.717) is 18.0 Å². The van der Waals surface area contributed by atoms with Crippen LogP contribution in [0.15, 0.2) is 0 Å². The number of carbonyl (C=O) groups is 1. The van der Waals surface area contributed by atoms with Gasteiger partial charge in [-0.2, -0.15) is 0 Å². The summed E-state index contributed by atoms with van der Waals surface area (Å²) in [5, 5.41) is 9.22. The summed E-state index contributed by atoms with van der Waals surface area (Å²) in [7, 11) is 0. The Hall–Kier alpha value is -0.130. The number of halogens is 1. The van der Waals surface area contributed by atoms with Gasteiger partial charge in [-0.15, -0.1) is 0 Å². The highest BCUT2D eigenvalue weighted by Gasteiger charge is 2.65. The Morgan fingerprint density at radius 2 is 2.07 bits per heavy atom. The molecule has 4 unspecified atom stereocenters. The summed E-state index contributed by atoms with van der Waals surface area (Å²) < 4.78 is 11.3. The van der Waals surface area contributed by atoms with Crippen molar-refractivity contribution in [3.8, 4) is 0 Å². The van der Waals surface area contributed by atoms with Gasteiger partial charge in [0.15, 0.2) is 5.79 Å². The third-order valence-corrected chi connectivity index (χ3v) is 5.04. The number of hydrogen-bond donors (Lipinski definition) is 1. The maximum absolute atomic E-state index is 11.2. The fourth-order valence-electron chi connectivity index (χ4n) is 3.43. The number of hydrogen-bond acceptors (Lipinski definition) is 3. The third-order valence-electron chi connectivity index (χ3n) is 3.98. The number of carboxylic acid groups (broad SMARTS) is 1. The van der Waals surface area contributed by atoms with E-state index in [9.17, 15) is 9.90 Å². The van der Waals surface area contributed by atoms with Crippen LogP contribution in [0.25, 0.3) is 0 Å². The fraction of sp³-hybridized carbons (Fsp3) is 0.900. The summed E-state index contributed by atoms with van der Waals surface area (Å²) in [6.07, 6.45) is 1.58. The number of ether oxygens (including phenoxy) is 2. The van der Waals surface area contributed by atoms with Crippen molar-refractivity contribution in [3.63, 3.8) is 0 Å². The average molecular weight is 277 g/mol. The summed E-state index contributed by atoms with van der Waals surface area (Å²) >= 11 is 3.56. The van der Waals surface area contributed by atoms with Crippen molar-refractivity contribution < 1.29 is 19.4 Å². The molecule has 2 saturated carbocycles. The molecule has 0 amide bonds. The maximum atomic E-state index is 11.2. The van der Waals surface area contributed by atoms with Crippen LogP contribution >= 0.6 is 15.9 Å². The molecule has 3 fully saturated rings. The third kappa shape index (κ3) is 1.23. The van der Waals surface area contributed by atoms with E-state index in [1.807, 2.05) is 0 Å². The minimum Gasteiger partial charge on any atom is -0.481 e. The molecule has 0 aromatic carbocycles. The summed E-state index contributed by atoms with van der Waals surface area (Å²) in [4.78, 5) is 11.5. The lowest BCUT2D eigenvalue weighted by Crippen LogP contribution is -2.39. The molecule has 1 spiro atoms. The molecule has 3 aliphatic rings. The monoisotopic (exact) mass is 276 g/mol. The molecular formula is C10H13BrO4. The van der Waals surface area contributed by atoms with Gasteiger partial charge >= 0.3 is 5.97 Å². The summed E-state index contributed by atoms with van der Waals surface area (Å²) in [5.41, 5.74) is 0. The van der Waals surface area contributed by atoms with Crippen LogP contribution in [0.2, 0.25) is 0 Å². The van der Waals surface area contributed by atoms with Crippen LogP contribution in [0.1, 0.15) is 12.8 Å². The van der Waals surface area contributed by atoms with E-state index in [4.69, 9.17) is 9.47 Å². The van der Waals surface area contributed by atoms with Crippen molar-refractivity contribution in [2.45, 2.75) is 23.5 Å². The first-order valence-corrected chi connectivity index (χ1v) is 6.20. The van der Waals surface area contributed by atoms with Gasteiger partial charge in [0.05, 0.1) is 19.1 Å². The van der Waals surface area contributed by atoms with Gasteiger partial charge in [-0.3, -0.25) is 4.79 Å². The van der Waals surface area contributed by atoms with Gasteiger partial charge in [-0.25, -0.2) is 0 Å². The molecule has 1 saturated heterocycles. The highest BCUT2D eigenvalue weighted by Crippen LogP contribution is 2.59. The normalized spacial score (nSPS) is 46.5. The molecule has 5 heteroatoms. The van der Waals surface area contributed by atoms with Crippen molar-refractivity contribution in [2.24, 2.45) is 17.8 Å². The van der Waals surface area contributed by atoms with Crippen molar-refractivity contribution >= 4 is 21.9 Å². The van der Waals surface area contributed by atoms with Gasteiger partial charge < -0.3 is 14.6 Å². The van der Waals surface area contributed by atoms with Gasteiger partial charge in [-0.05, 0) is 12.3 Å². The van der Waals surface area contributed by atoms with E-state index in [0.717, 1.165) is 12.8 Å². The Bertz CT molecular complexity index is 300. The predicted octanol–water partition coefficient (Wildman–Crippen LogP) is 1.23. The molecule has 0 radical (unpaired) electrons. The number of fused-ring (bicyclic) bond motifs is 3. The lowest BCUT2D eigenvalue weighted by atomic mass is 9.93. The summed E-state index contributed by atoms with van der Waals surface area (Å²) in [6, 6.07) is 0. The molecule has 4 atom stereocenters. The van der Waals surface area contributed by atoms with Crippen LogP contribution in [0.5, 0.6) is 0 Å². The minimum absolute atomic E-state index is 0.0203. The first kappa shape index (κ1) is 10.1. The second-order valence-corrected chi connectivity index (χ2v) is 5.78. The van der Waals surface area contributed by atoms with Gasteiger partial charge in [0.1, 0.15) is 0 Å². The summed E-state index contributed by atoms with van der Waals surface area (Å²) in [6.45, 7) is 1.20. The molecular weight excluding hydrogens is 264 g/mol. The van der Waals surface area contributed by atoms with Gasteiger partial charge in [0, 0.05) is 17.2 Å². The average Bonchev–Trinajstić information content (AvgIpc) is 2.81. The van der Waals surface area contributed by atoms with Crippen molar-refractivity contribution in [2.75, 3.05) is 13.2 Å². The zero-order valence-electron chi connectivity index (χ0n) is 8.19. The standard InChI is InChI=1S/C10H13BrO4/c11-7-3-6-8(9(12)13)5(7)4-10(6)14-1-2-15-10/h5-8H,1-4H2,(H,12,13). The molecule has 15 heavy (non-hydrogen) atoms. The molecule has 84 valence electrons. The second kappa shape index (κ2) is 3.18. The van der Waals surface area contributed by atoms with Gasteiger partial charge in [0.25, 0.3) is 0 Å². The fourth-order valence-corrected chi connectivity index (χ4v) is 4.35. The molecule has 0 aromatic rings.